The summed E-state index contributed by atoms with van der Waals surface area (Å²) in [6.07, 6.45) is 1.34. The molecule has 0 radical (unpaired) electrons. The molecule has 2 rings (SSSR count). The molecule has 1 saturated heterocycles. The summed E-state index contributed by atoms with van der Waals surface area (Å²) in [4.78, 5) is 12.0. The van der Waals surface area contributed by atoms with Crippen LogP contribution in [-0.2, 0) is 14.3 Å². The van der Waals surface area contributed by atoms with Crippen molar-refractivity contribution in [2.24, 2.45) is 11.7 Å². The molecule has 110 valence electrons. The van der Waals surface area contributed by atoms with Gasteiger partial charge in [-0.3, -0.25) is 4.79 Å². The van der Waals surface area contributed by atoms with Gasteiger partial charge < -0.3 is 20.5 Å². The first kappa shape index (κ1) is 15.0. The van der Waals surface area contributed by atoms with Crippen LogP contribution in [-0.4, -0.2) is 25.7 Å². The van der Waals surface area contributed by atoms with Gasteiger partial charge in [-0.25, -0.2) is 0 Å². The van der Waals surface area contributed by atoms with Gasteiger partial charge in [0.25, 0.3) is 0 Å². The van der Waals surface area contributed by atoms with Crippen molar-refractivity contribution in [3.8, 4) is 0 Å². The summed E-state index contributed by atoms with van der Waals surface area (Å²) in [5.41, 5.74) is 7.16. The highest BCUT2D eigenvalue weighted by molar-refractivity contribution is 5.92. The molecule has 1 unspecified atom stereocenters. The fourth-order valence-electron chi connectivity index (χ4n) is 2.13. The van der Waals surface area contributed by atoms with Gasteiger partial charge in [0.2, 0.25) is 5.91 Å². The minimum absolute atomic E-state index is 0.0175. The lowest BCUT2D eigenvalue weighted by Gasteiger charge is -2.14. The maximum atomic E-state index is 12.0. The molecule has 1 heterocycles. The first-order chi connectivity index (χ1) is 9.70. The molecule has 1 aliphatic heterocycles. The number of benzene rings is 1. The SMILES string of the molecule is CC(CCCN)C(=O)Nc1cccc(C2OCCO2)c1. The molecule has 0 saturated carbocycles. The number of nitrogens with two attached hydrogens (primary N) is 1. The van der Waals surface area contributed by atoms with Crippen LogP contribution >= 0.6 is 0 Å². The molecule has 0 spiro atoms. The van der Waals surface area contributed by atoms with Crippen molar-refractivity contribution in [3.63, 3.8) is 0 Å². The summed E-state index contributed by atoms with van der Waals surface area (Å²) in [6.45, 7) is 3.75. The van der Waals surface area contributed by atoms with Gasteiger partial charge in [0.1, 0.15) is 0 Å². The molecule has 0 bridgehead atoms. The molecule has 1 atom stereocenters. The summed E-state index contributed by atoms with van der Waals surface area (Å²) in [6, 6.07) is 7.58. The Hall–Kier alpha value is -1.43. The molecule has 0 aromatic heterocycles. The van der Waals surface area contributed by atoms with E-state index in [0.29, 0.717) is 19.8 Å². The van der Waals surface area contributed by atoms with Gasteiger partial charge in [0.05, 0.1) is 13.2 Å². The Balaban J connectivity index is 1.95. The Morgan fingerprint density at radius 3 is 2.90 bits per heavy atom. The van der Waals surface area contributed by atoms with Crippen LogP contribution in [0.15, 0.2) is 24.3 Å². The number of amides is 1. The van der Waals surface area contributed by atoms with Gasteiger partial charge >= 0.3 is 0 Å². The molecule has 1 aromatic rings. The lowest BCUT2D eigenvalue weighted by molar-refractivity contribution is -0.119. The fourth-order valence-corrected chi connectivity index (χ4v) is 2.13. The van der Waals surface area contributed by atoms with E-state index in [1.54, 1.807) is 0 Å². The predicted octanol–water partition coefficient (Wildman–Crippen LogP) is 2.05. The smallest absolute Gasteiger partial charge is 0.227 e. The second kappa shape index (κ2) is 7.38. The van der Waals surface area contributed by atoms with Crippen molar-refractivity contribution in [3.05, 3.63) is 29.8 Å². The summed E-state index contributed by atoms with van der Waals surface area (Å²) in [5.74, 6) is -0.0231. The largest absolute Gasteiger partial charge is 0.346 e. The molecular weight excluding hydrogens is 256 g/mol. The molecule has 1 aromatic carbocycles. The minimum atomic E-state index is -0.318. The third-order valence-corrected chi connectivity index (χ3v) is 3.34. The number of hydrogen-bond acceptors (Lipinski definition) is 4. The number of rotatable bonds is 6. The predicted molar refractivity (Wildman–Crippen MR) is 77.2 cm³/mol. The van der Waals surface area contributed by atoms with E-state index in [1.165, 1.54) is 0 Å². The van der Waals surface area contributed by atoms with Crippen LogP contribution in [0, 0.1) is 5.92 Å². The van der Waals surface area contributed by atoms with Crippen LogP contribution in [0.2, 0.25) is 0 Å². The average Bonchev–Trinajstić information content (AvgIpc) is 2.99. The van der Waals surface area contributed by atoms with Gasteiger partial charge in [0, 0.05) is 17.2 Å². The van der Waals surface area contributed by atoms with Crippen LogP contribution in [0.4, 0.5) is 5.69 Å². The van der Waals surface area contributed by atoms with Crippen molar-refractivity contribution in [2.45, 2.75) is 26.1 Å². The van der Waals surface area contributed by atoms with Crippen LogP contribution in [0.1, 0.15) is 31.6 Å². The van der Waals surface area contributed by atoms with Crippen molar-refractivity contribution >= 4 is 11.6 Å². The van der Waals surface area contributed by atoms with E-state index >= 15 is 0 Å². The van der Waals surface area contributed by atoms with E-state index in [9.17, 15) is 4.79 Å². The number of nitrogens with one attached hydrogen (secondary N) is 1. The molecule has 1 aliphatic rings. The highest BCUT2D eigenvalue weighted by Crippen LogP contribution is 2.25. The van der Waals surface area contributed by atoms with E-state index < -0.39 is 0 Å². The van der Waals surface area contributed by atoms with Crippen molar-refractivity contribution < 1.29 is 14.3 Å². The zero-order chi connectivity index (χ0) is 14.4. The lowest BCUT2D eigenvalue weighted by Crippen LogP contribution is -2.21. The Kier molecular flexibility index (Phi) is 5.52. The van der Waals surface area contributed by atoms with E-state index in [4.69, 9.17) is 15.2 Å². The van der Waals surface area contributed by atoms with Crippen LogP contribution < -0.4 is 11.1 Å². The van der Waals surface area contributed by atoms with E-state index in [2.05, 4.69) is 5.32 Å². The third kappa shape index (κ3) is 4.03. The summed E-state index contributed by atoms with van der Waals surface area (Å²) in [7, 11) is 0. The Morgan fingerprint density at radius 1 is 1.45 bits per heavy atom. The van der Waals surface area contributed by atoms with E-state index in [1.807, 2.05) is 31.2 Å². The molecular formula is C15H22N2O3. The van der Waals surface area contributed by atoms with Gasteiger partial charge in [-0.2, -0.15) is 0 Å². The van der Waals surface area contributed by atoms with Gasteiger partial charge in [-0.15, -0.1) is 0 Å². The van der Waals surface area contributed by atoms with Crippen molar-refractivity contribution in [2.75, 3.05) is 25.1 Å². The Labute approximate surface area is 119 Å². The number of anilines is 1. The molecule has 5 heteroatoms. The van der Waals surface area contributed by atoms with Gasteiger partial charge in [-0.1, -0.05) is 19.1 Å². The number of carbonyl (C=O) groups is 1. The second-order valence-electron chi connectivity index (χ2n) is 5.02. The molecule has 3 N–H and O–H groups in total. The monoisotopic (exact) mass is 278 g/mol. The quantitative estimate of drug-likeness (QED) is 0.835. The van der Waals surface area contributed by atoms with Crippen LogP contribution in [0.3, 0.4) is 0 Å². The van der Waals surface area contributed by atoms with Crippen LogP contribution in [0.25, 0.3) is 0 Å². The third-order valence-electron chi connectivity index (χ3n) is 3.34. The van der Waals surface area contributed by atoms with Gasteiger partial charge in [-0.05, 0) is 31.5 Å². The number of hydrogen-bond donors (Lipinski definition) is 2. The molecule has 0 aliphatic carbocycles. The zero-order valence-electron chi connectivity index (χ0n) is 11.8. The first-order valence-corrected chi connectivity index (χ1v) is 7.05. The highest BCUT2D eigenvalue weighted by Gasteiger charge is 2.19. The average molecular weight is 278 g/mol. The van der Waals surface area contributed by atoms with E-state index in [0.717, 1.165) is 24.1 Å². The highest BCUT2D eigenvalue weighted by atomic mass is 16.7. The molecule has 1 amide bonds. The molecule has 5 nitrogen and oxygen atoms in total. The maximum absolute atomic E-state index is 12.0. The summed E-state index contributed by atoms with van der Waals surface area (Å²) in [5, 5.41) is 2.92. The van der Waals surface area contributed by atoms with Crippen molar-refractivity contribution in [1.82, 2.24) is 0 Å². The standard InChI is InChI=1S/C15H22N2O3/c1-11(4-3-7-16)14(18)17-13-6-2-5-12(10-13)15-19-8-9-20-15/h2,5-6,10-11,15H,3-4,7-9,16H2,1H3,(H,17,18). The van der Waals surface area contributed by atoms with Gasteiger partial charge in [0.15, 0.2) is 6.29 Å². The summed E-state index contributed by atoms with van der Waals surface area (Å²) < 4.78 is 10.9. The second-order valence-corrected chi connectivity index (χ2v) is 5.02. The van der Waals surface area contributed by atoms with Crippen LogP contribution in [0.5, 0.6) is 0 Å². The fraction of sp³-hybridized carbons (Fsp3) is 0.533. The normalized spacial score (nSPS) is 17.1. The summed E-state index contributed by atoms with van der Waals surface area (Å²) >= 11 is 0. The number of ether oxygens (including phenoxy) is 2. The van der Waals surface area contributed by atoms with Crippen molar-refractivity contribution in [1.29, 1.82) is 0 Å². The molecule has 20 heavy (non-hydrogen) atoms. The Morgan fingerprint density at radius 2 is 2.20 bits per heavy atom. The topological polar surface area (TPSA) is 73.6 Å². The lowest BCUT2D eigenvalue weighted by atomic mass is 10.0. The minimum Gasteiger partial charge on any atom is -0.346 e. The zero-order valence-corrected chi connectivity index (χ0v) is 11.8. The molecule has 1 fully saturated rings. The number of carbonyl (C=O) groups excluding carboxylic acids is 1. The Bertz CT molecular complexity index is 444. The first-order valence-electron chi connectivity index (χ1n) is 7.05. The van der Waals surface area contributed by atoms with E-state index in [-0.39, 0.29) is 18.1 Å². The maximum Gasteiger partial charge on any atom is 0.227 e.